The van der Waals surface area contributed by atoms with E-state index in [4.69, 9.17) is 9.47 Å². The summed E-state index contributed by atoms with van der Waals surface area (Å²) in [5.41, 5.74) is 0.668. The van der Waals surface area contributed by atoms with Crippen LogP contribution in [0.5, 0.6) is 0 Å². The van der Waals surface area contributed by atoms with E-state index < -0.39 is 11.6 Å². The van der Waals surface area contributed by atoms with E-state index in [1.165, 1.54) is 16.9 Å². The van der Waals surface area contributed by atoms with E-state index in [0.717, 1.165) is 24.1 Å². The fraction of sp³-hybridized carbons (Fsp3) is 0.714. The number of carboxylic acid groups (broad SMARTS) is 1. The molecule has 1 aromatic heterocycles. The minimum Gasteiger partial charge on any atom is -0.477 e. The van der Waals surface area contributed by atoms with E-state index in [9.17, 15) is 19.8 Å². The number of rotatable bonds is 7. The smallest absolute Gasteiger partial charge is 0.348 e. The van der Waals surface area contributed by atoms with Crippen molar-refractivity contribution in [2.24, 2.45) is 5.92 Å². The van der Waals surface area contributed by atoms with Crippen molar-refractivity contribution in [3.8, 4) is 0 Å². The Labute approximate surface area is 218 Å². The number of thiophene rings is 1. The number of carbonyl (C=O) groups excluding carboxylic acids is 1. The number of carboxylic acids is 1. The highest BCUT2D eigenvalue weighted by molar-refractivity contribution is 7.14. The van der Waals surface area contributed by atoms with Gasteiger partial charge in [-0.25, -0.2) is 4.79 Å². The van der Waals surface area contributed by atoms with Gasteiger partial charge in [0.25, 0.3) is 0 Å². The highest BCUT2D eigenvalue weighted by Crippen LogP contribution is 2.42. The summed E-state index contributed by atoms with van der Waals surface area (Å²) >= 11 is 1.27. The molecule has 1 saturated carbocycles. The van der Waals surface area contributed by atoms with E-state index in [1.54, 1.807) is 4.90 Å². The lowest BCUT2D eigenvalue weighted by Crippen LogP contribution is -2.50. The highest BCUT2D eigenvalue weighted by Gasteiger charge is 2.41. The van der Waals surface area contributed by atoms with Crippen LogP contribution in [-0.4, -0.2) is 59.7 Å². The van der Waals surface area contributed by atoms with Crippen LogP contribution in [0.2, 0.25) is 0 Å². The lowest BCUT2D eigenvalue weighted by atomic mass is 9.81. The van der Waals surface area contributed by atoms with Crippen molar-refractivity contribution < 1.29 is 29.3 Å². The summed E-state index contributed by atoms with van der Waals surface area (Å²) in [5, 5.41) is 21.3. The zero-order valence-corrected chi connectivity index (χ0v) is 22.9. The summed E-state index contributed by atoms with van der Waals surface area (Å²) in [6, 6.07) is 1.76. The Kier molecular flexibility index (Phi) is 8.29. The average molecular weight is 520 g/mol. The predicted octanol–water partition coefficient (Wildman–Crippen LogP) is 5.30. The van der Waals surface area contributed by atoms with Crippen LogP contribution < -0.4 is 4.90 Å². The number of anilines is 1. The van der Waals surface area contributed by atoms with Gasteiger partial charge >= 0.3 is 5.97 Å². The molecular formula is C28H41NO6S. The molecule has 0 radical (unpaired) electrons. The maximum absolute atomic E-state index is 14.0. The van der Waals surface area contributed by atoms with Crippen molar-refractivity contribution >= 4 is 28.9 Å². The van der Waals surface area contributed by atoms with Gasteiger partial charge in [0, 0.05) is 23.4 Å². The third-order valence-electron chi connectivity index (χ3n) is 7.86. The topological polar surface area (TPSA) is 96.3 Å². The number of ether oxygens (including phenoxy) is 2. The summed E-state index contributed by atoms with van der Waals surface area (Å²) in [6.07, 6.45) is 7.62. The molecule has 36 heavy (non-hydrogen) atoms. The third-order valence-corrected chi connectivity index (χ3v) is 9.39. The van der Waals surface area contributed by atoms with Crippen LogP contribution in [0.1, 0.15) is 93.6 Å². The van der Waals surface area contributed by atoms with Crippen molar-refractivity contribution in [2.75, 3.05) is 24.7 Å². The molecule has 2 N–H and O–H groups in total. The number of nitrogens with zero attached hydrogens (tertiary/aromatic N) is 1. The van der Waals surface area contributed by atoms with Crippen molar-refractivity contribution in [1.82, 2.24) is 0 Å². The SMILES string of the molecule is CC1=CC[C@@H](C(=O)N(c2cc(C(C)(C)C)sc2C(=O)O)C2CCC(O)(CO[C@@H]3CCOC3)CC2)CC1. The van der Waals surface area contributed by atoms with Gasteiger partial charge in [0.2, 0.25) is 5.91 Å². The Morgan fingerprint density at radius 3 is 2.50 bits per heavy atom. The molecule has 1 amide bonds. The van der Waals surface area contributed by atoms with Gasteiger partial charge in [-0.05, 0) is 69.8 Å². The third kappa shape index (κ3) is 6.21. The van der Waals surface area contributed by atoms with Gasteiger partial charge in [0.15, 0.2) is 0 Å². The molecule has 200 valence electrons. The molecule has 2 fully saturated rings. The fourth-order valence-electron chi connectivity index (χ4n) is 5.42. The molecule has 7 nitrogen and oxygen atoms in total. The molecule has 0 aromatic carbocycles. The second-order valence-corrected chi connectivity index (χ2v) is 12.9. The molecule has 2 atom stereocenters. The predicted molar refractivity (Wildman–Crippen MR) is 141 cm³/mol. The van der Waals surface area contributed by atoms with Crippen LogP contribution in [0.15, 0.2) is 17.7 Å². The van der Waals surface area contributed by atoms with Crippen molar-refractivity contribution in [1.29, 1.82) is 0 Å². The zero-order valence-electron chi connectivity index (χ0n) is 22.0. The first kappa shape index (κ1) is 27.3. The minimum atomic E-state index is -0.998. The molecular weight excluding hydrogens is 478 g/mol. The molecule has 1 aromatic rings. The number of allylic oxidation sites excluding steroid dienone is 2. The maximum Gasteiger partial charge on any atom is 0.348 e. The second-order valence-electron chi connectivity index (χ2n) is 11.9. The monoisotopic (exact) mass is 519 g/mol. The van der Waals surface area contributed by atoms with Crippen LogP contribution in [0.4, 0.5) is 5.69 Å². The first-order chi connectivity index (χ1) is 17.0. The first-order valence-corrected chi connectivity index (χ1v) is 14.1. The molecule has 0 bridgehead atoms. The fourth-order valence-corrected chi connectivity index (χ4v) is 6.47. The number of carbonyl (C=O) groups is 2. The summed E-state index contributed by atoms with van der Waals surface area (Å²) in [5.74, 6) is -1.14. The molecule has 1 saturated heterocycles. The van der Waals surface area contributed by atoms with Crippen LogP contribution >= 0.6 is 11.3 Å². The Hall–Kier alpha value is -1.74. The zero-order chi connectivity index (χ0) is 26.1. The Morgan fingerprint density at radius 2 is 1.94 bits per heavy atom. The van der Waals surface area contributed by atoms with E-state index in [0.29, 0.717) is 51.0 Å². The Balaban J connectivity index is 1.58. The lowest BCUT2D eigenvalue weighted by molar-refractivity contribution is -0.124. The quantitative estimate of drug-likeness (QED) is 0.475. The highest BCUT2D eigenvalue weighted by atomic mass is 32.1. The Morgan fingerprint density at radius 1 is 1.22 bits per heavy atom. The van der Waals surface area contributed by atoms with E-state index >= 15 is 0 Å². The van der Waals surface area contributed by atoms with Gasteiger partial charge in [-0.2, -0.15) is 0 Å². The van der Waals surface area contributed by atoms with Crippen molar-refractivity contribution in [3.05, 3.63) is 27.5 Å². The average Bonchev–Trinajstić information content (AvgIpc) is 3.50. The van der Waals surface area contributed by atoms with E-state index in [-0.39, 0.29) is 40.9 Å². The molecule has 4 rings (SSSR count). The molecule has 0 unspecified atom stereocenters. The molecule has 0 spiro atoms. The van der Waals surface area contributed by atoms with Gasteiger partial charge in [-0.3, -0.25) is 4.79 Å². The number of aromatic carboxylic acids is 1. The van der Waals surface area contributed by atoms with Crippen LogP contribution in [0.25, 0.3) is 0 Å². The molecule has 2 aliphatic carbocycles. The van der Waals surface area contributed by atoms with Crippen molar-refractivity contribution in [2.45, 2.75) is 102 Å². The summed E-state index contributed by atoms with van der Waals surface area (Å²) < 4.78 is 11.3. The van der Waals surface area contributed by atoms with Crippen LogP contribution in [0.3, 0.4) is 0 Å². The summed E-state index contributed by atoms with van der Waals surface area (Å²) in [6.45, 7) is 9.81. The van der Waals surface area contributed by atoms with E-state index in [2.05, 4.69) is 33.8 Å². The normalized spacial score (nSPS) is 29.1. The first-order valence-electron chi connectivity index (χ1n) is 13.2. The Bertz CT molecular complexity index is 979. The number of amides is 1. The number of hydrogen-bond acceptors (Lipinski definition) is 6. The molecule has 2 heterocycles. The van der Waals surface area contributed by atoms with Crippen molar-refractivity contribution in [3.63, 3.8) is 0 Å². The lowest BCUT2D eigenvalue weighted by Gasteiger charge is -2.42. The standard InChI is InChI=1S/C28H41NO6S/c1-18-5-7-19(8-6-18)25(30)29(22-15-23(27(2,3)4)36-24(22)26(31)32)20-9-12-28(33,13-10-20)17-35-21-11-14-34-16-21/h5,15,19-21,33H,6-14,16-17H2,1-4H3,(H,31,32)/t19-,20?,21-,28?/m1/s1. The summed E-state index contributed by atoms with van der Waals surface area (Å²) in [7, 11) is 0. The maximum atomic E-state index is 14.0. The van der Waals surface area contributed by atoms with Crippen LogP contribution in [-0.2, 0) is 19.7 Å². The molecule has 3 aliphatic rings. The van der Waals surface area contributed by atoms with Gasteiger partial charge in [0.05, 0.1) is 30.6 Å². The van der Waals surface area contributed by atoms with Crippen LogP contribution in [0, 0.1) is 5.92 Å². The second kappa shape index (κ2) is 10.9. The molecule has 1 aliphatic heterocycles. The minimum absolute atomic E-state index is 0.00861. The summed E-state index contributed by atoms with van der Waals surface area (Å²) in [4.78, 5) is 29.3. The largest absolute Gasteiger partial charge is 0.477 e. The van der Waals surface area contributed by atoms with Gasteiger partial charge in [0.1, 0.15) is 4.88 Å². The van der Waals surface area contributed by atoms with Gasteiger partial charge in [-0.1, -0.05) is 32.4 Å². The molecule has 8 heteroatoms. The number of aliphatic hydroxyl groups is 1. The van der Waals surface area contributed by atoms with Gasteiger partial charge < -0.3 is 24.6 Å². The van der Waals surface area contributed by atoms with E-state index in [1.807, 2.05) is 6.07 Å². The van der Waals surface area contributed by atoms with Gasteiger partial charge in [-0.15, -0.1) is 11.3 Å². The number of hydrogen-bond donors (Lipinski definition) is 2.